The summed E-state index contributed by atoms with van der Waals surface area (Å²) in [5, 5.41) is 8.28. The number of hydrogen-bond donors (Lipinski definition) is 1. The van der Waals surface area contributed by atoms with E-state index < -0.39 is 9.84 Å². The van der Waals surface area contributed by atoms with Gasteiger partial charge in [-0.2, -0.15) is 5.10 Å². The van der Waals surface area contributed by atoms with Gasteiger partial charge in [0.25, 0.3) is 5.91 Å². The molecule has 34 heavy (non-hydrogen) atoms. The SMILES string of the molecule is Cc1cc(NC(=O)c2cc(-c3ccccc3)nc3c2c(C)nn3C2CCS(=O)(=O)C2)ccc1Br. The van der Waals surface area contributed by atoms with E-state index in [1.54, 1.807) is 10.7 Å². The van der Waals surface area contributed by atoms with E-state index >= 15 is 0 Å². The molecule has 2 aromatic carbocycles. The zero-order valence-electron chi connectivity index (χ0n) is 18.7. The maximum Gasteiger partial charge on any atom is 0.256 e. The van der Waals surface area contributed by atoms with Crippen LogP contribution < -0.4 is 5.32 Å². The summed E-state index contributed by atoms with van der Waals surface area (Å²) in [5.74, 6) is -0.111. The van der Waals surface area contributed by atoms with Crippen molar-refractivity contribution in [3.05, 3.63) is 75.9 Å². The Morgan fingerprint density at radius 1 is 1.12 bits per heavy atom. The molecule has 5 rings (SSSR count). The Balaban J connectivity index is 1.66. The number of aryl methyl sites for hydroxylation is 2. The summed E-state index contributed by atoms with van der Waals surface area (Å²) in [6, 6.07) is 16.7. The van der Waals surface area contributed by atoms with E-state index in [0.717, 1.165) is 15.6 Å². The minimum Gasteiger partial charge on any atom is -0.322 e. The number of fused-ring (bicyclic) bond motifs is 1. The number of hydrogen-bond acceptors (Lipinski definition) is 5. The molecule has 0 radical (unpaired) electrons. The lowest BCUT2D eigenvalue weighted by Gasteiger charge is -2.13. The van der Waals surface area contributed by atoms with E-state index in [1.165, 1.54) is 0 Å². The van der Waals surface area contributed by atoms with Gasteiger partial charge in [-0.3, -0.25) is 4.79 Å². The van der Waals surface area contributed by atoms with Gasteiger partial charge in [0.15, 0.2) is 15.5 Å². The lowest BCUT2D eigenvalue weighted by Crippen LogP contribution is -2.15. The van der Waals surface area contributed by atoms with Crippen LogP contribution in [-0.2, 0) is 9.84 Å². The van der Waals surface area contributed by atoms with Crippen molar-refractivity contribution >= 4 is 48.4 Å². The maximum atomic E-state index is 13.5. The number of rotatable bonds is 4. The molecular weight excluding hydrogens is 516 g/mol. The van der Waals surface area contributed by atoms with Crippen LogP contribution in [0.25, 0.3) is 22.3 Å². The minimum absolute atomic E-state index is 0.0279. The van der Waals surface area contributed by atoms with Crippen molar-refractivity contribution < 1.29 is 13.2 Å². The van der Waals surface area contributed by atoms with Crippen LogP contribution in [0, 0.1) is 13.8 Å². The Hall–Kier alpha value is -3.04. The lowest BCUT2D eigenvalue weighted by molar-refractivity contribution is 0.102. The smallest absolute Gasteiger partial charge is 0.256 e. The molecule has 174 valence electrons. The fourth-order valence-corrected chi connectivity index (χ4v) is 6.33. The quantitative estimate of drug-likeness (QED) is 0.390. The van der Waals surface area contributed by atoms with Crippen LogP contribution in [0.4, 0.5) is 5.69 Å². The predicted molar refractivity (Wildman–Crippen MR) is 137 cm³/mol. The predicted octanol–water partition coefficient (Wildman–Crippen LogP) is 5.09. The van der Waals surface area contributed by atoms with Crippen molar-refractivity contribution in [2.45, 2.75) is 26.3 Å². The first-order chi connectivity index (χ1) is 16.2. The van der Waals surface area contributed by atoms with Crippen LogP contribution in [0.1, 0.15) is 34.1 Å². The summed E-state index contributed by atoms with van der Waals surface area (Å²) < 4.78 is 27.0. The number of sulfone groups is 1. The topological polar surface area (TPSA) is 93.9 Å². The van der Waals surface area contributed by atoms with E-state index in [9.17, 15) is 13.2 Å². The van der Waals surface area contributed by atoms with Crippen molar-refractivity contribution in [3.8, 4) is 11.3 Å². The molecule has 1 aliphatic heterocycles. The Bertz CT molecular complexity index is 1530. The van der Waals surface area contributed by atoms with Gasteiger partial charge in [0.1, 0.15) is 0 Å². The molecule has 9 heteroatoms. The minimum atomic E-state index is -3.11. The number of nitrogens with zero attached hydrogens (tertiary/aromatic N) is 3. The molecular formula is C25H23BrN4O3S. The molecule has 4 aromatic rings. The second kappa shape index (κ2) is 8.63. The molecule has 1 amide bonds. The molecule has 2 aromatic heterocycles. The van der Waals surface area contributed by atoms with E-state index in [0.29, 0.717) is 40.1 Å². The highest BCUT2D eigenvalue weighted by Gasteiger charge is 2.32. The lowest BCUT2D eigenvalue weighted by atomic mass is 10.0. The Morgan fingerprint density at radius 3 is 2.56 bits per heavy atom. The molecule has 0 saturated carbocycles. The molecule has 1 fully saturated rings. The van der Waals surface area contributed by atoms with Gasteiger partial charge in [0, 0.05) is 15.7 Å². The van der Waals surface area contributed by atoms with E-state index in [2.05, 4.69) is 26.3 Å². The number of aromatic nitrogens is 3. The number of carbonyl (C=O) groups is 1. The number of anilines is 1. The number of pyridine rings is 1. The Labute approximate surface area is 206 Å². The standard InChI is InChI=1S/C25H23BrN4O3S/c1-15-12-18(8-9-21(15)26)27-25(31)20-13-22(17-6-4-3-5-7-17)28-24-23(20)16(2)29-30(24)19-10-11-34(32,33)14-19/h3-9,12-13,19H,10-11,14H2,1-2H3,(H,27,31). The summed E-state index contributed by atoms with van der Waals surface area (Å²) in [4.78, 5) is 18.4. The monoisotopic (exact) mass is 538 g/mol. The molecule has 1 unspecified atom stereocenters. The molecule has 0 aliphatic carbocycles. The summed E-state index contributed by atoms with van der Waals surface area (Å²) >= 11 is 3.49. The van der Waals surface area contributed by atoms with Gasteiger partial charge >= 0.3 is 0 Å². The third-order valence-electron chi connectivity index (χ3n) is 6.12. The Kier molecular flexibility index (Phi) is 5.77. The highest BCUT2D eigenvalue weighted by Crippen LogP contribution is 2.32. The molecule has 1 N–H and O–H groups in total. The maximum absolute atomic E-state index is 13.5. The third kappa shape index (κ3) is 4.25. The number of carbonyl (C=O) groups excluding carboxylic acids is 1. The van der Waals surface area contributed by atoms with Crippen LogP contribution in [0.5, 0.6) is 0 Å². The van der Waals surface area contributed by atoms with Gasteiger partial charge in [0.2, 0.25) is 0 Å². The van der Waals surface area contributed by atoms with Crippen LogP contribution in [0.2, 0.25) is 0 Å². The zero-order valence-corrected chi connectivity index (χ0v) is 21.1. The zero-order chi connectivity index (χ0) is 24.0. The van der Waals surface area contributed by atoms with E-state index in [4.69, 9.17) is 4.98 Å². The van der Waals surface area contributed by atoms with Crippen LogP contribution >= 0.6 is 15.9 Å². The number of halogens is 1. The van der Waals surface area contributed by atoms with Gasteiger partial charge in [-0.25, -0.2) is 18.1 Å². The highest BCUT2D eigenvalue weighted by molar-refractivity contribution is 9.10. The number of amides is 1. The van der Waals surface area contributed by atoms with Gasteiger partial charge in [-0.1, -0.05) is 46.3 Å². The first-order valence-corrected chi connectivity index (χ1v) is 13.6. The van der Waals surface area contributed by atoms with Gasteiger partial charge in [-0.05, 0) is 50.1 Å². The van der Waals surface area contributed by atoms with Crippen LogP contribution in [0.3, 0.4) is 0 Å². The van der Waals surface area contributed by atoms with Crippen molar-refractivity contribution in [1.82, 2.24) is 14.8 Å². The normalized spacial score (nSPS) is 17.2. The van der Waals surface area contributed by atoms with E-state index in [1.807, 2.05) is 62.4 Å². The Morgan fingerprint density at radius 2 is 1.88 bits per heavy atom. The molecule has 1 aliphatic rings. The van der Waals surface area contributed by atoms with Crippen LogP contribution in [0.15, 0.2) is 59.1 Å². The molecule has 1 saturated heterocycles. The largest absolute Gasteiger partial charge is 0.322 e. The molecule has 0 bridgehead atoms. The first-order valence-electron chi connectivity index (χ1n) is 10.9. The number of nitrogens with one attached hydrogen (secondary N) is 1. The summed E-state index contributed by atoms with van der Waals surface area (Å²) in [6.45, 7) is 3.79. The second-order valence-corrected chi connectivity index (χ2v) is 11.7. The fraction of sp³-hybridized carbons (Fsp3) is 0.240. The van der Waals surface area contributed by atoms with E-state index in [-0.39, 0.29) is 23.5 Å². The average Bonchev–Trinajstić information content (AvgIpc) is 3.35. The van der Waals surface area contributed by atoms with Gasteiger partial charge in [-0.15, -0.1) is 0 Å². The van der Waals surface area contributed by atoms with Gasteiger partial charge < -0.3 is 5.32 Å². The fourth-order valence-electron chi connectivity index (χ4n) is 4.39. The second-order valence-electron chi connectivity index (χ2n) is 8.62. The summed E-state index contributed by atoms with van der Waals surface area (Å²) in [7, 11) is -3.11. The molecule has 7 nitrogen and oxygen atoms in total. The summed E-state index contributed by atoms with van der Waals surface area (Å²) in [5.41, 5.74) is 4.81. The third-order valence-corrected chi connectivity index (χ3v) is 8.76. The van der Waals surface area contributed by atoms with Crippen molar-refractivity contribution in [2.24, 2.45) is 0 Å². The number of benzene rings is 2. The summed E-state index contributed by atoms with van der Waals surface area (Å²) in [6.07, 6.45) is 0.482. The first kappa shape index (κ1) is 22.7. The van der Waals surface area contributed by atoms with Gasteiger partial charge in [0.05, 0.1) is 39.9 Å². The molecule has 1 atom stereocenters. The highest BCUT2D eigenvalue weighted by atomic mass is 79.9. The van der Waals surface area contributed by atoms with Crippen LogP contribution in [-0.4, -0.2) is 40.6 Å². The van der Waals surface area contributed by atoms with Crippen molar-refractivity contribution in [2.75, 3.05) is 16.8 Å². The average molecular weight is 539 g/mol. The van der Waals surface area contributed by atoms with Crippen molar-refractivity contribution in [1.29, 1.82) is 0 Å². The molecule has 0 spiro atoms. The molecule has 3 heterocycles. The van der Waals surface area contributed by atoms with Crippen molar-refractivity contribution in [3.63, 3.8) is 0 Å².